The Morgan fingerprint density at radius 1 is 1.24 bits per heavy atom. The quantitative estimate of drug-likeness (QED) is 0.795. The van der Waals surface area contributed by atoms with E-state index >= 15 is 0 Å². The monoisotopic (exact) mass is 290 g/mol. The zero-order chi connectivity index (χ0) is 15.1. The molecular weight excluding hydrogens is 260 g/mol. The first kappa shape index (κ1) is 16.3. The van der Waals surface area contributed by atoms with Crippen LogP contribution < -0.4 is 10.5 Å². The largest absolute Gasteiger partial charge is 0.494 e. The molecule has 0 bridgehead atoms. The van der Waals surface area contributed by atoms with Gasteiger partial charge in [-0.1, -0.05) is 31.9 Å². The summed E-state index contributed by atoms with van der Waals surface area (Å²) in [6.45, 7) is 4.73. The number of rotatable bonds is 8. The van der Waals surface area contributed by atoms with Gasteiger partial charge in [0.1, 0.15) is 5.75 Å². The van der Waals surface area contributed by atoms with E-state index in [9.17, 15) is 0 Å². The average molecular weight is 290 g/mol. The van der Waals surface area contributed by atoms with Crippen LogP contribution in [0.25, 0.3) is 0 Å². The Morgan fingerprint density at radius 3 is 2.48 bits per heavy atom. The van der Waals surface area contributed by atoms with Gasteiger partial charge in [-0.3, -0.25) is 4.90 Å². The van der Waals surface area contributed by atoms with Gasteiger partial charge in [0.05, 0.1) is 6.61 Å². The Morgan fingerprint density at radius 2 is 1.90 bits per heavy atom. The maximum atomic E-state index is 6.03. The Labute approximate surface area is 129 Å². The molecule has 21 heavy (non-hydrogen) atoms. The highest BCUT2D eigenvalue weighted by atomic mass is 16.5. The molecule has 0 heterocycles. The highest BCUT2D eigenvalue weighted by Gasteiger charge is 2.21. The summed E-state index contributed by atoms with van der Waals surface area (Å²) in [6, 6.07) is 8.76. The Balaban J connectivity index is 1.95. The van der Waals surface area contributed by atoms with E-state index in [2.05, 4.69) is 43.1 Å². The third-order valence-corrected chi connectivity index (χ3v) is 4.51. The summed E-state index contributed by atoms with van der Waals surface area (Å²) in [5.74, 6) is 1.81. The van der Waals surface area contributed by atoms with E-state index in [4.69, 9.17) is 10.5 Å². The third-order valence-electron chi connectivity index (χ3n) is 4.51. The highest BCUT2D eigenvalue weighted by Crippen LogP contribution is 2.28. The minimum atomic E-state index is 0.311. The molecule has 1 aromatic carbocycles. The number of nitrogens with two attached hydrogens (primary N) is 1. The molecule has 0 aromatic heterocycles. The van der Waals surface area contributed by atoms with Gasteiger partial charge in [-0.15, -0.1) is 0 Å². The van der Waals surface area contributed by atoms with Crippen molar-refractivity contribution < 1.29 is 4.74 Å². The first-order valence-corrected chi connectivity index (χ1v) is 8.37. The fourth-order valence-corrected chi connectivity index (χ4v) is 3.30. The molecule has 0 radical (unpaired) electrons. The molecule has 1 aromatic rings. The number of likely N-dealkylation sites (N-methyl/N-ethyl adjacent to an activating group) is 1. The SMILES string of the molecule is CCCOc1ccc(C(CN)N(C)CC2CCCC2)cc1. The molecular formula is C18H30N2O. The highest BCUT2D eigenvalue weighted by molar-refractivity contribution is 5.29. The third kappa shape index (κ3) is 4.72. The lowest BCUT2D eigenvalue weighted by molar-refractivity contribution is 0.212. The van der Waals surface area contributed by atoms with Gasteiger partial charge in [0.2, 0.25) is 0 Å². The minimum Gasteiger partial charge on any atom is -0.494 e. The first-order valence-electron chi connectivity index (χ1n) is 8.37. The van der Waals surface area contributed by atoms with Crippen molar-refractivity contribution in [3.63, 3.8) is 0 Å². The average Bonchev–Trinajstić information content (AvgIpc) is 3.00. The predicted octanol–water partition coefficient (Wildman–Crippen LogP) is 3.60. The topological polar surface area (TPSA) is 38.5 Å². The maximum Gasteiger partial charge on any atom is 0.119 e. The second-order valence-corrected chi connectivity index (χ2v) is 6.26. The molecule has 1 aliphatic rings. The van der Waals surface area contributed by atoms with Crippen LogP contribution in [0.2, 0.25) is 0 Å². The predicted molar refractivity (Wildman–Crippen MR) is 88.6 cm³/mol. The molecule has 1 saturated carbocycles. The van der Waals surface area contributed by atoms with Gasteiger partial charge < -0.3 is 10.5 Å². The van der Waals surface area contributed by atoms with Crippen molar-refractivity contribution in [2.24, 2.45) is 11.7 Å². The molecule has 0 amide bonds. The normalized spacial score (nSPS) is 17.3. The number of nitrogens with zero attached hydrogens (tertiary/aromatic N) is 1. The van der Waals surface area contributed by atoms with Gasteiger partial charge in [0.15, 0.2) is 0 Å². The van der Waals surface area contributed by atoms with Crippen LogP contribution in [0.1, 0.15) is 50.6 Å². The van der Waals surface area contributed by atoms with Crippen molar-refractivity contribution in [3.8, 4) is 5.75 Å². The van der Waals surface area contributed by atoms with Crippen molar-refractivity contribution in [1.29, 1.82) is 0 Å². The van der Waals surface area contributed by atoms with E-state index in [1.54, 1.807) is 0 Å². The van der Waals surface area contributed by atoms with E-state index in [1.165, 1.54) is 31.2 Å². The van der Waals surface area contributed by atoms with Gasteiger partial charge in [-0.05, 0) is 49.9 Å². The molecule has 0 aliphatic heterocycles. The van der Waals surface area contributed by atoms with Crippen LogP contribution in [0.5, 0.6) is 5.75 Å². The van der Waals surface area contributed by atoms with Crippen molar-refractivity contribution >= 4 is 0 Å². The Kier molecular flexibility index (Phi) is 6.52. The lowest BCUT2D eigenvalue weighted by Gasteiger charge is -2.29. The van der Waals surface area contributed by atoms with Crippen LogP contribution >= 0.6 is 0 Å². The molecule has 1 atom stereocenters. The zero-order valence-electron chi connectivity index (χ0n) is 13.6. The van der Waals surface area contributed by atoms with E-state index in [0.717, 1.165) is 31.2 Å². The molecule has 1 unspecified atom stereocenters. The van der Waals surface area contributed by atoms with E-state index in [1.807, 2.05) is 0 Å². The van der Waals surface area contributed by atoms with Crippen LogP contribution in [-0.2, 0) is 0 Å². The Bertz CT molecular complexity index is 398. The number of benzene rings is 1. The molecule has 1 aliphatic carbocycles. The van der Waals surface area contributed by atoms with Crippen molar-refractivity contribution in [2.45, 2.75) is 45.1 Å². The van der Waals surface area contributed by atoms with Crippen molar-refractivity contribution in [1.82, 2.24) is 4.90 Å². The molecule has 0 saturated heterocycles. The fraction of sp³-hybridized carbons (Fsp3) is 0.667. The van der Waals surface area contributed by atoms with Gasteiger partial charge in [-0.25, -0.2) is 0 Å². The van der Waals surface area contributed by atoms with E-state index in [-0.39, 0.29) is 0 Å². The van der Waals surface area contributed by atoms with Crippen molar-refractivity contribution in [2.75, 3.05) is 26.7 Å². The molecule has 0 spiro atoms. The molecule has 2 rings (SSSR count). The summed E-state index contributed by atoms with van der Waals surface area (Å²) in [5, 5.41) is 0. The van der Waals surface area contributed by atoms with E-state index in [0.29, 0.717) is 12.6 Å². The lowest BCUT2D eigenvalue weighted by Crippen LogP contribution is -2.33. The summed E-state index contributed by atoms with van der Waals surface area (Å²) in [4.78, 5) is 2.43. The Hall–Kier alpha value is -1.06. The van der Waals surface area contributed by atoms with E-state index < -0.39 is 0 Å². The maximum absolute atomic E-state index is 6.03. The molecule has 1 fully saturated rings. The summed E-state index contributed by atoms with van der Waals surface area (Å²) < 4.78 is 5.65. The number of hydrogen-bond acceptors (Lipinski definition) is 3. The molecule has 3 heteroatoms. The van der Waals surface area contributed by atoms with Crippen LogP contribution in [0.15, 0.2) is 24.3 Å². The minimum absolute atomic E-state index is 0.311. The fourth-order valence-electron chi connectivity index (χ4n) is 3.30. The summed E-state index contributed by atoms with van der Waals surface area (Å²) >= 11 is 0. The lowest BCUT2D eigenvalue weighted by atomic mass is 10.0. The smallest absolute Gasteiger partial charge is 0.119 e. The summed E-state index contributed by atoms with van der Waals surface area (Å²) in [7, 11) is 2.21. The van der Waals surface area contributed by atoms with Crippen LogP contribution in [0.3, 0.4) is 0 Å². The van der Waals surface area contributed by atoms with Crippen LogP contribution in [0, 0.1) is 5.92 Å². The van der Waals surface area contributed by atoms with Crippen molar-refractivity contribution in [3.05, 3.63) is 29.8 Å². The number of hydrogen-bond donors (Lipinski definition) is 1. The van der Waals surface area contributed by atoms with Gasteiger partial charge >= 0.3 is 0 Å². The second-order valence-electron chi connectivity index (χ2n) is 6.26. The van der Waals surface area contributed by atoms with Crippen LogP contribution in [-0.4, -0.2) is 31.6 Å². The second kappa shape index (κ2) is 8.40. The molecule has 118 valence electrons. The summed E-state index contributed by atoms with van der Waals surface area (Å²) in [6.07, 6.45) is 6.60. The zero-order valence-corrected chi connectivity index (χ0v) is 13.6. The molecule has 2 N–H and O–H groups in total. The van der Waals surface area contributed by atoms with Gasteiger partial charge in [0, 0.05) is 19.1 Å². The van der Waals surface area contributed by atoms with Gasteiger partial charge in [0.25, 0.3) is 0 Å². The first-order chi connectivity index (χ1) is 10.2. The molecule has 3 nitrogen and oxygen atoms in total. The van der Waals surface area contributed by atoms with Crippen LogP contribution in [0.4, 0.5) is 0 Å². The standard InChI is InChI=1S/C18H30N2O/c1-3-12-21-17-10-8-16(9-11-17)18(13-19)20(2)14-15-6-4-5-7-15/h8-11,15,18H,3-7,12-14,19H2,1-2H3. The summed E-state index contributed by atoms with van der Waals surface area (Å²) in [5.41, 5.74) is 7.32. The van der Waals surface area contributed by atoms with Gasteiger partial charge in [-0.2, -0.15) is 0 Å². The number of ether oxygens (including phenoxy) is 1.